The van der Waals surface area contributed by atoms with Crippen molar-refractivity contribution < 1.29 is 4.79 Å². The zero-order valence-electron chi connectivity index (χ0n) is 15.3. The fourth-order valence-corrected chi connectivity index (χ4v) is 3.58. The van der Waals surface area contributed by atoms with E-state index in [1.54, 1.807) is 23.1 Å². The van der Waals surface area contributed by atoms with Crippen molar-refractivity contribution >= 4 is 27.5 Å². The summed E-state index contributed by atoms with van der Waals surface area (Å²) in [5.74, 6) is -0.0216. The highest BCUT2D eigenvalue weighted by molar-refractivity contribution is 7.16. The molecule has 0 N–H and O–H groups in total. The summed E-state index contributed by atoms with van der Waals surface area (Å²) in [5.41, 5.74) is 1.45. The first-order valence-electron chi connectivity index (χ1n) is 8.70. The molecule has 2 aromatic heterocycles. The highest BCUT2D eigenvalue weighted by Crippen LogP contribution is 2.14. The average molecular weight is 380 g/mol. The number of carbonyl (C=O) groups excluding carboxylic acids is 1. The molecule has 27 heavy (non-hydrogen) atoms. The maximum atomic E-state index is 12.8. The molecule has 7 heteroatoms. The van der Waals surface area contributed by atoms with Gasteiger partial charge in [-0.15, -0.1) is 11.3 Å². The van der Waals surface area contributed by atoms with Crippen LogP contribution >= 0.6 is 11.3 Å². The predicted octanol–water partition coefficient (Wildman–Crippen LogP) is 3.16. The van der Waals surface area contributed by atoms with Crippen molar-refractivity contribution in [3.05, 3.63) is 63.5 Å². The lowest BCUT2D eigenvalue weighted by atomic mass is 10.1. The third kappa shape index (κ3) is 4.23. The molecule has 3 aromatic rings. The first-order valence-corrected chi connectivity index (χ1v) is 9.58. The van der Waals surface area contributed by atoms with Crippen LogP contribution in [0.1, 0.15) is 31.4 Å². The Morgan fingerprint density at radius 1 is 1.30 bits per heavy atom. The van der Waals surface area contributed by atoms with Crippen LogP contribution in [-0.2, 0) is 17.9 Å². The number of nitriles is 1. The monoisotopic (exact) mass is 380 g/mol. The summed E-state index contributed by atoms with van der Waals surface area (Å²) < 4.78 is 1.49. The first-order chi connectivity index (χ1) is 13.0. The van der Waals surface area contributed by atoms with Gasteiger partial charge in [0.15, 0.2) is 0 Å². The second-order valence-electron chi connectivity index (χ2n) is 6.56. The molecule has 0 aliphatic carbocycles. The minimum absolute atomic E-state index is 0.0216. The second-order valence-corrected chi connectivity index (χ2v) is 7.45. The summed E-state index contributed by atoms with van der Waals surface area (Å²) in [4.78, 5) is 32.0. The fourth-order valence-electron chi connectivity index (χ4n) is 2.85. The van der Waals surface area contributed by atoms with E-state index in [1.165, 1.54) is 22.2 Å². The molecule has 3 rings (SSSR count). The summed E-state index contributed by atoms with van der Waals surface area (Å²) in [6.07, 6.45) is 1.74. The molecular weight excluding hydrogens is 360 g/mol. The van der Waals surface area contributed by atoms with E-state index in [2.05, 4.69) is 11.1 Å². The zero-order chi connectivity index (χ0) is 19.4. The number of benzene rings is 1. The van der Waals surface area contributed by atoms with Gasteiger partial charge in [0.2, 0.25) is 5.91 Å². The average Bonchev–Trinajstić information content (AvgIpc) is 3.15. The number of aryl methyl sites for hydroxylation is 1. The lowest BCUT2D eigenvalue weighted by molar-refractivity contribution is -0.133. The lowest BCUT2D eigenvalue weighted by Crippen LogP contribution is -2.37. The number of thiophene rings is 1. The van der Waals surface area contributed by atoms with Crippen LogP contribution in [0.3, 0.4) is 0 Å². The standard InChI is InChI=1S/C20H20N4O2S/c1-14(2)24(12-16-5-3-15(11-21)4-6-16)18(25)7-9-23-13-22-19-17(20(23)26)8-10-27-19/h3-6,8,10,13-14H,7,9,12H2,1-2H3. The van der Waals surface area contributed by atoms with Crippen LogP contribution in [0.4, 0.5) is 0 Å². The Morgan fingerprint density at radius 2 is 2.04 bits per heavy atom. The molecule has 0 aliphatic heterocycles. The van der Waals surface area contributed by atoms with E-state index < -0.39 is 0 Å². The zero-order valence-corrected chi connectivity index (χ0v) is 16.1. The van der Waals surface area contributed by atoms with Crippen molar-refractivity contribution in [3.63, 3.8) is 0 Å². The Hall–Kier alpha value is -2.98. The van der Waals surface area contributed by atoms with E-state index in [9.17, 15) is 9.59 Å². The number of rotatable bonds is 6. The minimum atomic E-state index is -0.114. The van der Waals surface area contributed by atoms with Gasteiger partial charge < -0.3 is 4.90 Å². The summed E-state index contributed by atoms with van der Waals surface area (Å²) in [7, 11) is 0. The largest absolute Gasteiger partial charge is 0.336 e. The van der Waals surface area contributed by atoms with E-state index in [-0.39, 0.29) is 23.9 Å². The molecule has 0 fully saturated rings. The molecule has 1 aromatic carbocycles. The van der Waals surface area contributed by atoms with Gasteiger partial charge in [-0.05, 0) is 43.0 Å². The normalized spacial score (nSPS) is 10.9. The Labute approximate surface area is 161 Å². The molecular formula is C20H20N4O2S. The van der Waals surface area contributed by atoms with Gasteiger partial charge in [-0.25, -0.2) is 4.98 Å². The lowest BCUT2D eigenvalue weighted by Gasteiger charge is -2.27. The summed E-state index contributed by atoms with van der Waals surface area (Å²) >= 11 is 1.43. The van der Waals surface area contributed by atoms with Crippen LogP contribution in [-0.4, -0.2) is 26.4 Å². The predicted molar refractivity (Wildman–Crippen MR) is 105 cm³/mol. The van der Waals surface area contributed by atoms with Crippen LogP contribution in [0.25, 0.3) is 10.2 Å². The molecule has 0 unspecified atom stereocenters. The third-order valence-corrected chi connectivity index (χ3v) is 5.22. The Bertz CT molecular complexity index is 1040. The van der Waals surface area contributed by atoms with Gasteiger partial charge in [0.1, 0.15) is 4.83 Å². The molecule has 0 saturated carbocycles. The van der Waals surface area contributed by atoms with Crippen LogP contribution in [0.5, 0.6) is 0 Å². The summed E-state index contributed by atoms with van der Waals surface area (Å²) in [6, 6.07) is 11.1. The molecule has 0 bridgehead atoms. The molecule has 0 radical (unpaired) electrons. The SMILES string of the molecule is CC(C)N(Cc1ccc(C#N)cc1)C(=O)CCn1cnc2sccc2c1=O. The minimum Gasteiger partial charge on any atom is -0.336 e. The van der Waals surface area contributed by atoms with Gasteiger partial charge in [0.05, 0.1) is 23.3 Å². The van der Waals surface area contributed by atoms with Gasteiger partial charge in [-0.2, -0.15) is 5.26 Å². The Kier molecular flexibility index (Phi) is 5.67. The van der Waals surface area contributed by atoms with Gasteiger partial charge in [0.25, 0.3) is 5.56 Å². The van der Waals surface area contributed by atoms with E-state index in [1.807, 2.05) is 31.4 Å². The first kappa shape index (κ1) is 18.8. The van der Waals surface area contributed by atoms with E-state index in [0.717, 1.165) is 5.56 Å². The quantitative estimate of drug-likeness (QED) is 0.658. The highest BCUT2D eigenvalue weighted by Gasteiger charge is 2.18. The topological polar surface area (TPSA) is 79.0 Å². The van der Waals surface area contributed by atoms with E-state index >= 15 is 0 Å². The number of hydrogen-bond acceptors (Lipinski definition) is 5. The van der Waals surface area contributed by atoms with Gasteiger partial charge in [-0.1, -0.05) is 12.1 Å². The smallest absolute Gasteiger partial charge is 0.262 e. The van der Waals surface area contributed by atoms with Crippen LogP contribution < -0.4 is 5.56 Å². The van der Waals surface area contributed by atoms with Crippen molar-refractivity contribution in [1.82, 2.24) is 14.5 Å². The van der Waals surface area contributed by atoms with E-state index in [4.69, 9.17) is 5.26 Å². The fraction of sp³-hybridized carbons (Fsp3) is 0.300. The summed E-state index contributed by atoms with van der Waals surface area (Å²) in [5, 5.41) is 11.3. The third-order valence-electron chi connectivity index (χ3n) is 4.40. The molecule has 0 saturated heterocycles. The number of amides is 1. The Balaban J connectivity index is 1.70. The number of hydrogen-bond donors (Lipinski definition) is 0. The van der Waals surface area contributed by atoms with Crippen molar-refractivity contribution in [3.8, 4) is 6.07 Å². The van der Waals surface area contributed by atoms with Crippen LogP contribution in [0, 0.1) is 11.3 Å². The van der Waals surface area contributed by atoms with Crippen molar-refractivity contribution in [2.75, 3.05) is 0 Å². The second kappa shape index (κ2) is 8.14. The van der Waals surface area contributed by atoms with Crippen molar-refractivity contribution in [1.29, 1.82) is 5.26 Å². The van der Waals surface area contributed by atoms with Crippen LogP contribution in [0.15, 0.2) is 46.8 Å². The Morgan fingerprint density at radius 3 is 2.70 bits per heavy atom. The molecule has 1 amide bonds. The van der Waals surface area contributed by atoms with Crippen molar-refractivity contribution in [2.24, 2.45) is 0 Å². The highest BCUT2D eigenvalue weighted by atomic mass is 32.1. The van der Waals surface area contributed by atoms with Crippen LogP contribution in [0.2, 0.25) is 0 Å². The number of carbonyl (C=O) groups is 1. The number of aromatic nitrogens is 2. The molecule has 6 nitrogen and oxygen atoms in total. The number of nitrogens with zero attached hydrogens (tertiary/aromatic N) is 4. The van der Waals surface area contributed by atoms with Gasteiger partial charge >= 0.3 is 0 Å². The maximum Gasteiger partial charge on any atom is 0.262 e. The molecule has 0 spiro atoms. The number of fused-ring (bicyclic) bond motifs is 1. The van der Waals surface area contributed by atoms with Crippen molar-refractivity contribution in [2.45, 2.75) is 39.4 Å². The maximum absolute atomic E-state index is 12.8. The molecule has 2 heterocycles. The summed E-state index contributed by atoms with van der Waals surface area (Å²) in [6.45, 7) is 4.70. The van der Waals surface area contributed by atoms with Gasteiger partial charge in [-0.3, -0.25) is 14.2 Å². The molecule has 0 aliphatic rings. The molecule has 138 valence electrons. The van der Waals surface area contributed by atoms with E-state index in [0.29, 0.717) is 28.9 Å². The van der Waals surface area contributed by atoms with Gasteiger partial charge in [0, 0.05) is 25.6 Å². The molecule has 0 atom stereocenters.